The number of hydrogen-bond acceptors (Lipinski definition) is 4. The van der Waals surface area contributed by atoms with Crippen molar-refractivity contribution < 1.29 is 17.9 Å². The zero-order chi connectivity index (χ0) is 19.0. The van der Waals surface area contributed by atoms with E-state index in [1.54, 1.807) is 18.2 Å². The molecule has 26 heavy (non-hydrogen) atoms. The molecule has 0 bridgehead atoms. The number of benzene rings is 2. The molecule has 0 radical (unpaired) electrons. The summed E-state index contributed by atoms with van der Waals surface area (Å²) in [7, 11) is -3.85. The normalized spacial score (nSPS) is 11.5. The molecular formula is C19H22N2O4S. The molecule has 2 aromatic carbocycles. The Morgan fingerprint density at radius 3 is 2.27 bits per heavy atom. The number of hydrazine groups is 1. The maximum atomic E-state index is 12.2. The van der Waals surface area contributed by atoms with Gasteiger partial charge in [-0.05, 0) is 54.8 Å². The van der Waals surface area contributed by atoms with Crippen LogP contribution in [0.1, 0.15) is 25.0 Å². The van der Waals surface area contributed by atoms with E-state index >= 15 is 0 Å². The summed E-state index contributed by atoms with van der Waals surface area (Å²) in [6, 6.07) is 13.7. The lowest BCUT2D eigenvalue weighted by molar-refractivity contribution is -0.116. The van der Waals surface area contributed by atoms with Crippen molar-refractivity contribution in [1.82, 2.24) is 10.3 Å². The van der Waals surface area contributed by atoms with E-state index < -0.39 is 15.9 Å². The SMILES string of the molecule is CCOc1ccc(S(=O)(=O)NNC(=O)/C=C/c2ccc(CC)cc2)cc1. The highest BCUT2D eigenvalue weighted by Gasteiger charge is 2.14. The number of hydrogen-bond donors (Lipinski definition) is 2. The van der Waals surface area contributed by atoms with Gasteiger partial charge in [0.25, 0.3) is 15.9 Å². The molecule has 2 rings (SSSR count). The lowest BCUT2D eigenvalue weighted by atomic mass is 10.1. The smallest absolute Gasteiger partial charge is 0.258 e. The summed E-state index contributed by atoms with van der Waals surface area (Å²) < 4.78 is 29.6. The molecule has 2 N–H and O–H groups in total. The van der Waals surface area contributed by atoms with Gasteiger partial charge in [-0.1, -0.05) is 31.2 Å². The number of aryl methyl sites for hydroxylation is 1. The van der Waals surface area contributed by atoms with Crippen molar-refractivity contribution in [2.45, 2.75) is 25.2 Å². The lowest BCUT2D eigenvalue weighted by Crippen LogP contribution is -2.40. The van der Waals surface area contributed by atoms with Crippen LogP contribution >= 0.6 is 0 Å². The molecule has 0 aromatic heterocycles. The van der Waals surface area contributed by atoms with Crippen molar-refractivity contribution in [3.8, 4) is 5.75 Å². The Bertz CT molecular complexity index is 857. The molecule has 7 heteroatoms. The summed E-state index contributed by atoms with van der Waals surface area (Å²) in [5, 5.41) is 0. The second-order valence-corrected chi connectivity index (χ2v) is 7.11. The average molecular weight is 374 g/mol. The molecule has 2 aromatic rings. The zero-order valence-electron chi connectivity index (χ0n) is 14.7. The van der Waals surface area contributed by atoms with Crippen LogP contribution in [-0.4, -0.2) is 20.9 Å². The number of carbonyl (C=O) groups excluding carboxylic acids is 1. The molecule has 0 spiro atoms. The van der Waals surface area contributed by atoms with E-state index in [4.69, 9.17) is 4.74 Å². The summed E-state index contributed by atoms with van der Waals surface area (Å²) >= 11 is 0. The van der Waals surface area contributed by atoms with Crippen molar-refractivity contribution in [2.24, 2.45) is 0 Å². The van der Waals surface area contributed by atoms with Gasteiger partial charge >= 0.3 is 0 Å². The Morgan fingerprint density at radius 2 is 1.69 bits per heavy atom. The molecular weight excluding hydrogens is 352 g/mol. The fourth-order valence-corrected chi connectivity index (χ4v) is 2.98. The molecule has 0 fully saturated rings. The predicted molar refractivity (Wildman–Crippen MR) is 101 cm³/mol. The third-order valence-corrected chi connectivity index (χ3v) is 4.83. The Morgan fingerprint density at radius 1 is 1.04 bits per heavy atom. The third-order valence-electron chi connectivity index (χ3n) is 3.57. The standard InChI is InChI=1S/C19H22N2O4S/c1-3-15-5-7-16(8-6-15)9-14-19(22)20-21-26(23,24)18-12-10-17(11-13-18)25-4-2/h5-14,21H,3-4H2,1-2H3,(H,20,22)/b14-9+. The van der Waals surface area contributed by atoms with E-state index in [1.807, 2.05) is 31.2 Å². The Hall–Kier alpha value is -2.64. The monoisotopic (exact) mass is 374 g/mol. The van der Waals surface area contributed by atoms with Gasteiger partial charge in [-0.25, -0.2) is 8.42 Å². The Balaban J connectivity index is 1.93. The number of amides is 1. The molecule has 6 nitrogen and oxygen atoms in total. The minimum absolute atomic E-state index is 0.0281. The maximum absolute atomic E-state index is 12.2. The molecule has 0 atom stereocenters. The van der Waals surface area contributed by atoms with Crippen molar-refractivity contribution >= 4 is 22.0 Å². The number of sulfonamides is 1. The second kappa shape index (κ2) is 9.17. The van der Waals surface area contributed by atoms with Crippen LogP contribution in [0.15, 0.2) is 59.5 Å². The van der Waals surface area contributed by atoms with Crippen molar-refractivity contribution in [3.63, 3.8) is 0 Å². The van der Waals surface area contributed by atoms with Crippen LogP contribution in [0.2, 0.25) is 0 Å². The number of ether oxygens (including phenoxy) is 1. The molecule has 0 saturated heterocycles. The van der Waals surface area contributed by atoms with Gasteiger partial charge in [0.15, 0.2) is 0 Å². The quantitative estimate of drug-likeness (QED) is 0.550. The van der Waals surface area contributed by atoms with E-state index in [0.717, 1.165) is 12.0 Å². The van der Waals surface area contributed by atoms with Gasteiger partial charge in [-0.15, -0.1) is 4.83 Å². The lowest BCUT2D eigenvalue weighted by Gasteiger charge is -2.08. The van der Waals surface area contributed by atoms with Crippen LogP contribution in [-0.2, 0) is 21.2 Å². The summed E-state index contributed by atoms with van der Waals surface area (Å²) in [6.07, 6.45) is 3.82. The highest BCUT2D eigenvalue weighted by molar-refractivity contribution is 7.89. The zero-order valence-corrected chi connectivity index (χ0v) is 15.5. The average Bonchev–Trinajstić information content (AvgIpc) is 2.66. The second-order valence-electron chi connectivity index (χ2n) is 5.43. The van der Waals surface area contributed by atoms with Gasteiger partial charge in [-0.2, -0.15) is 0 Å². The van der Waals surface area contributed by atoms with Crippen LogP contribution in [0.25, 0.3) is 6.08 Å². The third kappa shape index (κ3) is 5.72. The van der Waals surface area contributed by atoms with E-state index in [2.05, 4.69) is 17.2 Å². The highest BCUT2D eigenvalue weighted by Crippen LogP contribution is 2.15. The Kier molecular flexibility index (Phi) is 6.94. The van der Waals surface area contributed by atoms with Crippen LogP contribution in [0, 0.1) is 0 Å². The van der Waals surface area contributed by atoms with Crippen molar-refractivity contribution in [1.29, 1.82) is 0 Å². The minimum Gasteiger partial charge on any atom is -0.494 e. The van der Waals surface area contributed by atoms with E-state index in [-0.39, 0.29) is 4.90 Å². The van der Waals surface area contributed by atoms with Crippen LogP contribution in [0.3, 0.4) is 0 Å². The number of rotatable bonds is 8. The van der Waals surface area contributed by atoms with E-state index in [9.17, 15) is 13.2 Å². The van der Waals surface area contributed by atoms with Crippen LogP contribution < -0.4 is 15.0 Å². The van der Waals surface area contributed by atoms with Gasteiger partial charge in [0.05, 0.1) is 11.5 Å². The largest absolute Gasteiger partial charge is 0.494 e. The molecule has 0 aliphatic carbocycles. The first-order chi connectivity index (χ1) is 12.4. The molecule has 0 unspecified atom stereocenters. The predicted octanol–water partition coefficient (Wildman–Crippen LogP) is 2.67. The highest BCUT2D eigenvalue weighted by atomic mass is 32.2. The molecule has 0 heterocycles. The molecule has 1 amide bonds. The summed E-state index contributed by atoms with van der Waals surface area (Å²) in [4.78, 5) is 13.9. The Labute approximate surface area is 153 Å². The topological polar surface area (TPSA) is 84.5 Å². The van der Waals surface area contributed by atoms with Gasteiger partial charge in [-0.3, -0.25) is 10.2 Å². The van der Waals surface area contributed by atoms with Crippen molar-refractivity contribution in [2.75, 3.05) is 6.61 Å². The first-order valence-corrected chi connectivity index (χ1v) is 9.74. The van der Waals surface area contributed by atoms with Gasteiger partial charge in [0.2, 0.25) is 0 Å². The fourth-order valence-electron chi connectivity index (χ4n) is 2.14. The maximum Gasteiger partial charge on any atom is 0.258 e. The fraction of sp³-hybridized carbons (Fsp3) is 0.211. The van der Waals surface area contributed by atoms with Crippen LogP contribution in [0.4, 0.5) is 0 Å². The number of nitrogens with one attached hydrogen (secondary N) is 2. The first kappa shape index (κ1) is 19.7. The van der Waals surface area contributed by atoms with Gasteiger partial charge < -0.3 is 4.74 Å². The van der Waals surface area contributed by atoms with E-state index in [0.29, 0.717) is 12.4 Å². The van der Waals surface area contributed by atoms with Crippen LogP contribution in [0.5, 0.6) is 5.75 Å². The molecule has 0 saturated carbocycles. The summed E-state index contributed by atoms with van der Waals surface area (Å²) in [5.74, 6) is 0.00610. The molecule has 138 valence electrons. The molecule has 0 aliphatic rings. The van der Waals surface area contributed by atoms with Gasteiger partial charge in [0, 0.05) is 6.08 Å². The summed E-state index contributed by atoms with van der Waals surface area (Å²) in [5.41, 5.74) is 4.22. The summed E-state index contributed by atoms with van der Waals surface area (Å²) in [6.45, 7) is 4.40. The minimum atomic E-state index is -3.85. The van der Waals surface area contributed by atoms with E-state index in [1.165, 1.54) is 23.8 Å². The molecule has 0 aliphatic heterocycles. The first-order valence-electron chi connectivity index (χ1n) is 8.26. The number of carbonyl (C=O) groups is 1. The van der Waals surface area contributed by atoms with Gasteiger partial charge in [0.1, 0.15) is 5.75 Å². The van der Waals surface area contributed by atoms with Crippen molar-refractivity contribution in [3.05, 3.63) is 65.7 Å².